The van der Waals surface area contributed by atoms with Gasteiger partial charge in [0.2, 0.25) is 0 Å². The van der Waals surface area contributed by atoms with Gasteiger partial charge in [-0.2, -0.15) is 11.8 Å². The van der Waals surface area contributed by atoms with Gasteiger partial charge in [-0.15, -0.1) is 0 Å². The molecule has 1 aliphatic carbocycles. The molecule has 0 heterocycles. The molecular weight excluding hydrogens is 316 g/mol. The fourth-order valence-corrected chi connectivity index (χ4v) is 4.36. The zero-order valence-corrected chi connectivity index (χ0v) is 16.7. The standard InChI is InChI=1S/C21H30O2S/c1-7-14-9-13(3)10-15(8-2)19(14)20-17(22)11-16(12-18(20)23)21(4,5)24-6/h9-10,16,20H,7-8,11-12H2,1-6H3. The maximum atomic E-state index is 13.0. The Hall–Kier alpha value is -1.09. The van der Waals surface area contributed by atoms with Crippen LogP contribution in [0.5, 0.6) is 0 Å². The number of thioether (sulfide) groups is 1. The Kier molecular flexibility index (Phi) is 5.95. The van der Waals surface area contributed by atoms with Gasteiger partial charge in [0.15, 0.2) is 0 Å². The number of carbonyl (C=O) groups is 2. The third kappa shape index (κ3) is 3.61. The summed E-state index contributed by atoms with van der Waals surface area (Å²) in [5.74, 6) is -0.160. The van der Waals surface area contributed by atoms with Crippen LogP contribution in [0.4, 0.5) is 0 Å². The van der Waals surface area contributed by atoms with Crippen molar-refractivity contribution in [2.24, 2.45) is 5.92 Å². The van der Waals surface area contributed by atoms with Gasteiger partial charge in [-0.1, -0.05) is 45.4 Å². The summed E-state index contributed by atoms with van der Waals surface area (Å²) in [5.41, 5.74) is 4.56. The Balaban J connectivity index is 2.45. The summed E-state index contributed by atoms with van der Waals surface area (Å²) in [5, 5.41) is 0. The van der Waals surface area contributed by atoms with Gasteiger partial charge in [-0.3, -0.25) is 9.59 Å². The van der Waals surface area contributed by atoms with E-state index in [4.69, 9.17) is 0 Å². The smallest absolute Gasteiger partial charge is 0.148 e. The van der Waals surface area contributed by atoms with E-state index in [0.717, 1.165) is 18.4 Å². The van der Waals surface area contributed by atoms with Crippen LogP contribution in [0.3, 0.4) is 0 Å². The van der Waals surface area contributed by atoms with Crippen LogP contribution in [0.2, 0.25) is 0 Å². The predicted molar refractivity (Wildman–Crippen MR) is 103 cm³/mol. The van der Waals surface area contributed by atoms with Crippen LogP contribution >= 0.6 is 11.8 Å². The first-order valence-corrected chi connectivity index (χ1v) is 10.2. The average Bonchev–Trinajstić information content (AvgIpc) is 2.54. The van der Waals surface area contributed by atoms with E-state index < -0.39 is 5.92 Å². The summed E-state index contributed by atoms with van der Waals surface area (Å²) < 4.78 is -0.0370. The molecule has 0 radical (unpaired) electrons. The van der Waals surface area contributed by atoms with Gasteiger partial charge in [0.05, 0.1) is 0 Å². The second-order valence-corrected chi connectivity index (χ2v) is 8.94. The number of hydrogen-bond acceptors (Lipinski definition) is 3. The lowest BCUT2D eigenvalue weighted by molar-refractivity contribution is -0.134. The Morgan fingerprint density at radius 2 is 1.50 bits per heavy atom. The first kappa shape index (κ1) is 19.2. The highest BCUT2D eigenvalue weighted by molar-refractivity contribution is 7.99. The van der Waals surface area contributed by atoms with Crippen molar-refractivity contribution in [2.75, 3.05) is 6.26 Å². The number of carbonyl (C=O) groups excluding carboxylic acids is 2. The SMILES string of the molecule is CCc1cc(C)cc(CC)c1C1C(=O)CC(C(C)(C)SC)CC1=O. The van der Waals surface area contributed by atoms with E-state index in [1.807, 2.05) is 0 Å². The molecule has 0 unspecified atom stereocenters. The van der Waals surface area contributed by atoms with Gasteiger partial charge in [0.25, 0.3) is 0 Å². The molecule has 132 valence electrons. The van der Waals surface area contributed by atoms with Gasteiger partial charge in [0.1, 0.15) is 17.5 Å². The van der Waals surface area contributed by atoms with E-state index in [9.17, 15) is 9.59 Å². The molecule has 0 N–H and O–H groups in total. The number of benzene rings is 1. The lowest BCUT2D eigenvalue weighted by atomic mass is 9.70. The molecule has 1 aromatic rings. The monoisotopic (exact) mass is 346 g/mol. The molecule has 0 aliphatic heterocycles. The van der Waals surface area contributed by atoms with Crippen molar-refractivity contribution < 1.29 is 9.59 Å². The zero-order valence-electron chi connectivity index (χ0n) is 15.9. The summed E-state index contributed by atoms with van der Waals surface area (Å²) in [7, 11) is 0. The minimum Gasteiger partial charge on any atom is -0.299 e. The maximum absolute atomic E-state index is 13.0. The van der Waals surface area contributed by atoms with Gasteiger partial charge in [0, 0.05) is 17.6 Å². The molecule has 2 nitrogen and oxygen atoms in total. The molecule has 24 heavy (non-hydrogen) atoms. The fourth-order valence-electron chi connectivity index (χ4n) is 3.86. The minimum absolute atomic E-state index is 0.0370. The van der Waals surface area contributed by atoms with Crippen LogP contribution in [0.25, 0.3) is 0 Å². The first-order valence-electron chi connectivity index (χ1n) is 8.97. The molecule has 0 bridgehead atoms. The van der Waals surface area contributed by atoms with Gasteiger partial charge in [-0.25, -0.2) is 0 Å². The van der Waals surface area contributed by atoms with E-state index in [2.05, 4.69) is 53.0 Å². The summed E-state index contributed by atoms with van der Waals surface area (Å²) in [6.07, 6.45) is 4.82. The molecule has 0 atom stereocenters. The summed E-state index contributed by atoms with van der Waals surface area (Å²) in [6, 6.07) is 4.29. The maximum Gasteiger partial charge on any atom is 0.148 e. The van der Waals surface area contributed by atoms with Crippen molar-refractivity contribution in [3.8, 4) is 0 Å². The van der Waals surface area contributed by atoms with E-state index in [1.54, 1.807) is 11.8 Å². The van der Waals surface area contributed by atoms with Gasteiger partial charge in [-0.05, 0) is 48.6 Å². The molecule has 1 fully saturated rings. The number of Topliss-reactive ketones (excluding diaryl/α,β-unsaturated/α-hetero) is 2. The Morgan fingerprint density at radius 3 is 1.88 bits per heavy atom. The van der Waals surface area contributed by atoms with Crippen molar-refractivity contribution in [1.29, 1.82) is 0 Å². The molecule has 2 rings (SSSR count). The van der Waals surface area contributed by atoms with E-state index >= 15 is 0 Å². The summed E-state index contributed by atoms with van der Waals surface area (Å²) in [6.45, 7) is 10.6. The van der Waals surface area contributed by atoms with Gasteiger partial charge < -0.3 is 0 Å². The molecular formula is C21H30O2S. The van der Waals surface area contributed by atoms with Crippen molar-refractivity contribution in [1.82, 2.24) is 0 Å². The third-order valence-electron chi connectivity index (χ3n) is 5.59. The number of rotatable bonds is 5. The quantitative estimate of drug-likeness (QED) is 0.712. The van der Waals surface area contributed by atoms with E-state index in [0.29, 0.717) is 12.8 Å². The third-order valence-corrected chi connectivity index (χ3v) is 6.98. The van der Waals surface area contributed by atoms with Crippen molar-refractivity contribution in [2.45, 2.75) is 71.0 Å². The molecule has 1 aromatic carbocycles. The molecule has 1 aliphatic rings. The van der Waals surface area contributed by atoms with Crippen LogP contribution < -0.4 is 0 Å². The Morgan fingerprint density at radius 1 is 1.04 bits per heavy atom. The highest BCUT2D eigenvalue weighted by Gasteiger charge is 2.43. The van der Waals surface area contributed by atoms with Gasteiger partial charge >= 0.3 is 0 Å². The van der Waals surface area contributed by atoms with Crippen molar-refractivity contribution in [3.05, 3.63) is 34.4 Å². The van der Waals surface area contributed by atoms with Crippen LogP contribution in [-0.4, -0.2) is 22.6 Å². The average molecular weight is 347 g/mol. The predicted octanol–water partition coefficient (Wildman–Crippen LogP) is 4.89. The lowest BCUT2D eigenvalue weighted by Gasteiger charge is -2.37. The fraction of sp³-hybridized carbons (Fsp3) is 0.619. The van der Waals surface area contributed by atoms with Crippen LogP contribution in [0.1, 0.15) is 68.7 Å². The number of ketones is 2. The second-order valence-electron chi connectivity index (χ2n) is 7.48. The highest BCUT2D eigenvalue weighted by Crippen LogP contribution is 2.42. The first-order chi connectivity index (χ1) is 11.2. The summed E-state index contributed by atoms with van der Waals surface area (Å²) in [4.78, 5) is 25.9. The van der Waals surface area contributed by atoms with E-state index in [1.165, 1.54) is 16.7 Å². The van der Waals surface area contributed by atoms with Crippen LogP contribution in [-0.2, 0) is 22.4 Å². The zero-order chi connectivity index (χ0) is 18.1. The lowest BCUT2D eigenvalue weighted by Crippen LogP contribution is -2.40. The molecule has 3 heteroatoms. The second kappa shape index (κ2) is 7.43. The minimum atomic E-state index is -0.538. The molecule has 0 saturated heterocycles. The van der Waals surface area contributed by atoms with Crippen LogP contribution in [0, 0.1) is 12.8 Å². The van der Waals surface area contributed by atoms with Crippen molar-refractivity contribution in [3.63, 3.8) is 0 Å². The molecule has 1 saturated carbocycles. The highest BCUT2D eigenvalue weighted by atomic mass is 32.2. The Bertz CT molecular complexity index is 602. The number of hydrogen-bond donors (Lipinski definition) is 0. The largest absolute Gasteiger partial charge is 0.299 e. The normalized spacial score (nSPS) is 22.1. The van der Waals surface area contributed by atoms with Crippen LogP contribution in [0.15, 0.2) is 12.1 Å². The van der Waals surface area contributed by atoms with E-state index in [-0.39, 0.29) is 22.2 Å². The van der Waals surface area contributed by atoms with Crippen molar-refractivity contribution >= 4 is 23.3 Å². The summed E-state index contributed by atoms with van der Waals surface area (Å²) >= 11 is 1.75. The topological polar surface area (TPSA) is 34.1 Å². The molecule has 0 spiro atoms. The Labute approximate surface area is 150 Å². The molecule has 0 amide bonds. The number of aryl methyl sites for hydroxylation is 3. The molecule has 0 aromatic heterocycles.